The van der Waals surface area contributed by atoms with Crippen LogP contribution in [-0.4, -0.2) is 21.1 Å². The van der Waals surface area contributed by atoms with Gasteiger partial charge in [0.1, 0.15) is 0 Å². The fourth-order valence-electron chi connectivity index (χ4n) is 3.18. The first-order valence-electron chi connectivity index (χ1n) is 9.52. The van der Waals surface area contributed by atoms with Crippen molar-refractivity contribution in [3.05, 3.63) is 99.0 Å². The maximum absolute atomic E-state index is 11.1. The average molecular weight is 483 g/mol. The number of aromatic carboxylic acids is 1. The number of carboxylic acids is 1. The molecule has 0 spiro atoms. The summed E-state index contributed by atoms with van der Waals surface area (Å²) in [5, 5.41) is 13.2. The van der Waals surface area contributed by atoms with Crippen molar-refractivity contribution in [2.24, 2.45) is 0 Å². The van der Waals surface area contributed by atoms with E-state index in [1.807, 2.05) is 30.3 Å². The van der Waals surface area contributed by atoms with Crippen molar-refractivity contribution in [3.63, 3.8) is 0 Å². The highest BCUT2D eigenvalue weighted by Gasteiger charge is 2.14. The Labute approximate surface area is 190 Å². The molecular weight excluding hydrogens is 460 g/mol. The summed E-state index contributed by atoms with van der Waals surface area (Å²) in [6.45, 7) is 5.31. The molecule has 0 saturated heterocycles. The molecule has 0 heterocycles. The molecule has 0 aliphatic rings. The number of nitrogens with one attached hydrogen (secondary N) is 1. The van der Waals surface area contributed by atoms with Gasteiger partial charge >= 0.3 is 5.97 Å². The number of carboxylic acid groups (broad SMARTS) is 1. The van der Waals surface area contributed by atoms with E-state index in [1.165, 1.54) is 0 Å². The molecule has 0 unspecified atom stereocenters. The van der Waals surface area contributed by atoms with Gasteiger partial charge in [-0.25, -0.2) is 4.79 Å². The molecule has 0 amide bonds. The minimum atomic E-state index is -0.930. The van der Waals surface area contributed by atoms with Crippen molar-refractivity contribution in [2.45, 2.75) is 26.9 Å². The van der Waals surface area contributed by atoms with E-state index in [1.54, 1.807) is 12.1 Å². The van der Waals surface area contributed by atoms with Gasteiger partial charge in [0, 0.05) is 23.2 Å². The quantitative estimate of drug-likeness (QED) is 0.411. The van der Waals surface area contributed by atoms with E-state index in [4.69, 9.17) is 17.3 Å². The molecule has 154 valence electrons. The van der Waals surface area contributed by atoms with Crippen molar-refractivity contribution in [3.8, 4) is 0 Å². The lowest BCUT2D eigenvalue weighted by Crippen LogP contribution is -2.34. The Morgan fingerprint density at radius 2 is 1.43 bits per heavy atom. The predicted octanol–water partition coefficient (Wildman–Crippen LogP) is 6.16. The van der Waals surface area contributed by atoms with E-state index in [2.05, 4.69) is 64.3 Å². The lowest BCUT2D eigenvalue weighted by Gasteiger charge is -2.27. The highest BCUT2D eigenvalue weighted by Crippen LogP contribution is 2.22. The van der Waals surface area contributed by atoms with Crippen molar-refractivity contribution in [2.75, 3.05) is 5.32 Å². The second kappa shape index (κ2) is 9.87. The Morgan fingerprint density at radius 3 is 1.93 bits per heavy atom. The Morgan fingerprint density at radius 1 is 0.933 bits per heavy atom. The van der Waals surface area contributed by atoms with E-state index < -0.39 is 5.97 Å². The minimum Gasteiger partial charge on any atom is -0.478 e. The number of halogens is 1. The van der Waals surface area contributed by atoms with Crippen LogP contribution in [0.15, 0.2) is 71.2 Å². The molecule has 0 bridgehead atoms. The number of hydrogen-bond acceptors (Lipinski definition) is 2. The highest BCUT2D eigenvalue weighted by molar-refractivity contribution is 9.10. The molecule has 0 aromatic heterocycles. The van der Waals surface area contributed by atoms with Crippen LogP contribution in [0.4, 0.5) is 5.69 Å². The molecule has 6 heteroatoms. The first kappa shape index (κ1) is 22.0. The van der Waals surface area contributed by atoms with E-state index in [-0.39, 0.29) is 5.56 Å². The van der Waals surface area contributed by atoms with Crippen molar-refractivity contribution in [1.82, 2.24) is 4.90 Å². The van der Waals surface area contributed by atoms with Crippen LogP contribution in [0.5, 0.6) is 0 Å². The summed E-state index contributed by atoms with van der Waals surface area (Å²) >= 11 is 9.25. The third-order valence-electron chi connectivity index (χ3n) is 4.86. The molecular formula is C24H23BrN2O2S. The summed E-state index contributed by atoms with van der Waals surface area (Å²) < 4.78 is 1.03. The number of thiocarbonyl (C=S) groups is 1. The molecule has 3 aromatic carbocycles. The summed E-state index contributed by atoms with van der Waals surface area (Å²) in [5.41, 5.74) is 5.67. The molecule has 0 saturated carbocycles. The average Bonchev–Trinajstić information content (AvgIpc) is 2.72. The first-order chi connectivity index (χ1) is 14.3. The Kier molecular flexibility index (Phi) is 7.24. The number of carbonyl (C=O) groups is 1. The molecule has 2 N–H and O–H groups in total. The van der Waals surface area contributed by atoms with Crippen molar-refractivity contribution >= 4 is 44.9 Å². The van der Waals surface area contributed by atoms with E-state index in [9.17, 15) is 4.79 Å². The zero-order valence-electron chi connectivity index (χ0n) is 16.9. The number of anilines is 1. The lowest BCUT2D eigenvalue weighted by atomic mass is 10.1. The number of nitrogens with zero attached hydrogens (tertiary/aromatic N) is 1. The van der Waals surface area contributed by atoms with Gasteiger partial charge < -0.3 is 15.3 Å². The third kappa shape index (κ3) is 5.68. The summed E-state index contributed by atoms with van der Waals surface area (Å²) in [6.07, 6.45) is 0. The van der Waals surface area contributed by atoms with Gasteiger partial charge in [-0.2, -0.15) is 0 Å². The largest absolute Gasteiger partial charge is 0.478 e. The smallest absolute Gasteiger partial charge is 0.335 e. The topological polar surface area (TPSA) is 52.6 Å². The second-order valence-electron chi connectivity index (χ2n) is 7.18. The van der Waals surface area contributed by atoms with Crippen LogP contribution in [0.25, 0.3) is 0 Å². The van der Waals surface area contributed by atoms with Gasteiger partial charge in [0.15, 0.2) is 5.11 Å². The maximum Gasteiger partial charge on any atom is 0.335 e. The molecule has 3 rings (SSSR count). The van der Waals surface area contributed by atoms with Gasteiger partial charge in [-0.1, -0.05) is 58.4 Å². The fraction of sp³-hybridized carbons (Fsp3) is 0.167. The van der Waals surface area contributed by atoms with Crippen LogP contribution in [0.2, 0.25) is 0 Å². The SMILES string of the molecule is Cc1cccc(C)c1NC(=S)N(Cc1ccc(Br)cc1)Cc1ccc(C(=O)O)cc1. The Bertz CT molecular complexity index is 1030. The summed E-state index contributed by atoms with van der Waals surface area (Å²) in [7, 11) is 0. The number of hydrogen-bond donors (Lipinski definition) is 2. The number of para-hydroxylation sites is 1. The van der Waals surface area contributed by atoms with Crippen LogP contribution < -0.4 is 5.32 Å². The zero-order chi connectivity index (χ0) is 21.7. The van der Waals surface area contributed by atoms with Crippen LogP contribution in [-0.2, 0) is 13.1 Å². The standard InChI is InChI=1S/C24H23BrN2O2S/c1-16-4-3-5-17(2)22(16)26-24(30)27(15-19-8-12-21(25)13-9-19)14-18-6-10-20(11-7-18)23(28)29/h3-13H,14-15H2,1-2H3,(H,26,30)(H,28,29). The van der Waals surface area contributed by atoms with Gasteiger partial charge in [0.25, 0.3) is 0 Å². The molecule has 0 aliphatic carbocycles. The van der Waals surface area contributed by atoms with Gasteiger partial charge in [-0.15, -0.1) is 0 Å². The number of benzene rings is 3. The highest BCUT2D eigenvalue weighted by atomic mass is 79.9. The Balaban J connectivity index is 1.85. The van der Waals surface area contributed by atoms with E-state index >= 15 is 0 Å². The molecule has 0 atom stereocenters. The fourth-order valence-corrected chi connectivity index (χ4v) is 3.68. The molecule has 30 heavy (non-hydrogen) atoms. The van der Waals surface area contributed by atoms with E-state index in [0.717, 1.165) is 32.4 Å². The number of rotatable bonds is 6. The van der Waals surface area contributed by atoms with Gasteiger partial charge in [-0.3, -0.25) is 0 Å². The zero-order valence-corrected chi connectivity index (χ0v) is 19.3. The normalized spacial score (nSPS) is 10.5. The lowest BCUT2D eigenvalue weighted by molar-refractivity contribution is 0.0697. The van der Waals surface area contributed by atoms with Crippen LogP contribution in [0, 0.1) is 13.8 Å². The summed E-state index contributed by atoms with van der Waals surface area (Å²) in [5.74, 6) is -0.930. The summed E-state index contributed by atoms with van der Waals surface area (Å²) in [6, 6.07) is 21.2. The van der Waals surface area contributed by atoms with Crippen LogP contribution >= 0.6 is 28.1 Å². The van der Waals surface area contributed by atoms with Crippen LogP contribution in [0.3, 0.4) is 0 Å². The van der Waals surface area contributed by atoms with Gasteiger partial charge in [0.05, 0.1) is 5.56 Å². The first-order valence-corrected chi connectivity index (χ1v) is 10.7. The molecule has 0 radical (unpaired) electrons. The van der Waals surface area contributed by atoms with Crippen molar-refractivity contribution < 1.29 is 9.90 Å². The van der Waals surface area contributed by atoms with Crippen molar-refractivity contribution in [1.29, 1.82) is 0 Å². The van der Waals surface area contributed by atoms with E-state index in [0.29, 0.717) is 18.2 Å². The molecule has 4 nitrogen and oxygen atoms in total. The van der Waals surface area contributed by atoms with Gasteiger partial charge in [0.2, 0.25) is 0 Å². The second-order valence-corrected chi connectivity index (χ2v) is 8.48. The monoisotopic (exact) mass is 482 g/mol. The molecule has 0 aliphatic heterocycles. The number of aryl methyl sites for hydroxylation is 2. The molecule has 0 fully saturated rings. The summed E-state index contributed by atoms with van der Waals surface area (Å²) in [4.78, 5) is 13.2. The third-order valence-corrected chi connectivity index (χ3v) is 5.75. The Hall–Kier alpha value is -2.70. The molecule has 3 aromatic rings. The van der Waals surface area contributed by atoms with Crippen LogP contribution in [0.1, 0.15) is 32.6 Å². The minimum absolute atomic E-state index is 0.273. The maximum atomic E-state index is 11.1. The van der Waals surface area contributed by atoms with Gasteiger partial charge in [-0.05, 0) is 72.6 Å². The predicted molar refractivity (Wildman–Crippen MR) is 129 cm³/mol.